The number of pyridine rings is 1. The van der Waals surface area contributed by atoms with Gasteiger partial charge in [0.1, 0.15) is 11.5 Å². The predicted molar refractivity (Wildman–Crippen MR) is 76.0 cm³/mol. The smallest absolute Gasteiger partial charge is 0.290 e. The summed E-state index contributed by atoms with van der Waals surface area (Å²) >= 11 is 0. The van der Waals surface area contributed by atoms with Gasteiger partial charge in [-0.1, -0.05) is 0 Å². The largest absolute Gasteiger partial charge is 0.395 e. The third-order valence-electron chi connectivity index (χ3n) is 3.57. The van der Waals surface area contributed by atoms with E-state index in [1.165, 1.54) is 6.07 Å². The second kappa shape index (κ2) is 6.62. The molecule has 20 heavy (non-hydrogen) atoms. The van der Waals surface area contributed by atoms with Gasteiger partial charge in [-0.15, -0.1) is 0 Å². The van der Waals surface area contributed by atoms with Crippen LogP contribution in [0.1, 0.15) is 12.1 Å². The molecule has 7 nitrogen and oxygen atoms in total. The van der Waals surface area contributed by atoms with Gasteiger partial charge in [-0.2, -0.15) is 0 Å². The summed E-state index contributed by atoms with van der Waals surface area (Å²) in [6.07, 6.45) is 0.998. The minimum atomic E-state index is -0.405. The van der Waals surface area contributed by atoms with E-state index in [9.17, 15) is 10.1 Å². The van der Waals surface area contributed by atoms with Crippen LogP contribution in [-0.4, -0.2) is 59.2 Å². The van der Waals surface area contributed by atoms with Gasteiger partial charge in [0.25, 0.3) is 5.69 Å². The topological polar surface area (TPSA) is 82.7 Å². The van der Waals surface area contributed by atoms with E-state index in [0.717, 1.165) is 38.4 Å². The number of anilines is 1. The number of aryl methyl sites for hydroxylation is 1. The van der Waals surface area contributed by atoms with Gasteiger partial charge in [0.2, 0.25) is 0 Å². The molecule has 7 heteroatoms. The van der Waals surface area contributed by atoms with Crippen molar-refractivity contribution in [1.29, 1.82) is 0 Å². The zero-order chi connectivity index (χ0) is 14.5. The van der Waals surface area contributed by atoms with Gasteiger partial charge < -0.3 is 10.0 Å². The van der Waals surface area contributed by atoms with E-state index in [-0.39, 0.29) is 12.3 Å². The molecule has 2 heterocycles. The van der Waals surface area contributed by atoms with E-state index in [0.29, 0.717) is 12.2 Å². The van der Waals surface area contributed by atoms with E-state index < -0.39 is 4.92 Å². The Hall–Kier alpha value is -1.73. The Morgan fingerprint density at radius 2 is 2.15 bits per heavy atom. The van der Waals surface area contributed by atoms with Crippen LogP contribution in [0, 0.1) is 17.0 Å². The van der Waals surface area contributed by atoms with Gasteiger partial charge in [-0.3, -0.25) is 15.0 Å². The summed E-state index contributed by atoms with van der Waals surface area (Å²) in [5.74, 6) is 0.791. The second-order valence-corrected chi connectivity index (χ2v) is 4.94. The maximum absolute atomic E-state index is 10.8. The normalized spacial score (nSPS) is 17.0. The molecule has 1 aliphatic rings. The predicted octanol–water partition coefficient (Wildman–Crippen LogP) is 0.803. The van der Waals surface area contributed by atoms with Crippen LogP contribution in [0.15, 0.2) is 12.1 Å². The van der Waals surface area contributed by atoms with E-state index >= 15 is 0 Å². The molecule has 0 aromatic carbocycles. The zero-order valence-electron chi connectivity index (χ0n) is 11.7. The van der Waals surface area contributed by atoms with E-state index in [4.69, 9.17) is 5.11 Å². The minimum absolute atomic E-state index is 0.0606. The number of hydrogen-bond donors (Lipinski definition) is 1. The monoisotopic (exact) mass is 280 g/mol. The number of nitro groups is 1. The molecule has 1 aromatic rings. The van der Waals surface area contributed by atoms with E-state index in [2.05, 4.69) is 14.8 Å². The van der Waals surface area contributed by atoms with Crippen molar-refractivity contribution in [2.45, 2.75) is 13.3 Å². The van der Waals surface area contributed by atoms with Crippen molar-refractivity contribution in [1.82, 2.24) is 9.88 Å². The van der Waals surface area contributed by atoms with Crippen molar-refractivity contribution >= 4 is 11.5 Å². The van der Waals surface area contributed by atoms with Crippen LogP contribution >= 0.6 is 0 Å². The highest BCUT2D eigenvalue weighted by molar-refractivity contribution is 5.46. The lowest BCUT2D eigenvalue weighted by Crippen LogP contribution is -2.32. The lowest BCUT2D eigenvalue weighted by molar-refractivity contribution is -0.385. The molecule has 1 fully saturated rings. The molecule has 0 saturated carbocycles. The van der Waals surface area contributed by atoms with Crippen molar-refractivity contribution in [2.24, 2.45) is 0 Å². The third kappa shape index (κ3) is 3.43. The van der Waals surface area contributed by atoms with Crippen molar-refractivity contribution in [3.8, 4) is 0 Å². The molecule has 0 unspecified atom stereocenters. The van der Waals surface area contributed by atoms with Crippen molar-refractivity contribution in [3.05, 3.63) is 27.9 Å². The molecule has 0 spiro atoms. The number of aliphatic hydroxyl groups is 1. The van der Waals surface area contributed by atoms with Crippen LogP contribution in [-0.2, 0) is 0 Å². The molecule has 0 aliphatic carbocycles. The van der Waals surface area contributed by atoms with Crippen molar-refractivity contribution in [2.75, 3.05) is 44.2 Å². The van der Waals surface area contributed by atoms with Crippen molar-refractivity contribution < 1.29 is 10.0 Å². The van der Waals surface area contributed by atoms with E-state index in [1.54, 1.807) is 13.0 Å². The number of aromatic nitrogens is 1. The van der Waals surface area contributed by atoms with Gasteiger partial charge in [0.15, 0.2) is 0 Å². The molecular formula is C13H20N4O3. The summed E-state index contributed by atoms with van der Waals surface area (Å²) in [5.41, 5.74) is 0.509. The lowest BCUT2D eigenvalue weighted by Gasteiger charge is -2.22. The molecule has 1 aliphatic heterocycles. The molecule has 1 N–H and O–H groups in total. The summed E-state index contributed by atoms with van der Waals surface area (Å²) in [6, 6.07) is 3.24. The van der Waals surface area contributed by atoms with Gasteiger partial charge in [0, 0.05) is 32.2 Å². The summed E-state index contributed by atoms with van der Waals surface area (Å²) < 4.78 is 0. The Morgan fingerprint density at radius 3 is 2.80 bits per heavy atom. The highest BCUT2D eigenvalue weighted by Crippen LogP contribution is 2.21. The van der Waals surface area contributed by atoms with Crippen LogP contribution in [0.5, 0.6) is 0 Å². The Labute approximate surface area is 118 Å². The molecule has 110 valence electrons. The Kier molecular flexibility index (Phi) is 4.86. The fourth-order valence-electron chi connectivity index (χ4n) is 2.47. The lowest BCUT2D eigenvalue weighted by atomic mass is 10.3. The maximum Gasteiger partial charge on any atom is 0.290 e. The van der Waals surface area contributed by atoms with Gasteiger partial charge in [0.05, 0.1) is 11.5 Å². The molecule has 0 amide bonds. The molecule has 1 aromatic heterocycles. The molecule has 2 rings (SSSR count). The highest BCUT2D eigenvalue weighted by Gasteiger charge is 2.18. The SMILES string of the molecule is Cc1nc(N2CCCN(CCO)CC2)ccc1[N+](=O)[O-]. The Balaban J connectivity index is 2.08. The quantitative estimate of drug-likeness (QED) is 0.649. The first kappa shape index (κ1) is 14.7. The summed E-state index contributed by atoms with van der Waals surface area (Å²) in [4.78, 5) is 19.1. The summed E-state index contributed by atoms with van der Waals surface area (Å²) in [5, 5.41) is 19.8. The van der Waals surface area contributed by atoms with Gasteiger partial charge in [-0.25, -0.2) is 4.98 Å². The molecule has 0 atom stereocenters. The Morgan fingerprint density at radius 1 is 1.35 bits per heavy atom. The first-order chi connectivity index (χ1) is 9.61. The maximum atomic E-state index is 10.8. The van der Waals surface area contributed by atoms with E-state index in [1.807, 2.05) is 0 Å². The van der Waals surface area contributed by atoms with Crippen LogP contribution in [0.25, 0.3) is 0 Å². The molecule has 1 saturated heterocycles. The summed E-state index contributed by atoms with van der Waals surface area (Å²) in [7, 11) is 0. The van der Waals surface area contributed by atoms with Crippen LogP contribution < -0.4 is 4.90 Å². The molecular weight excluding hydrogens is 260 g/mol. The van der Waals surface area contributed by atoms with Gasteiger partial charge in [-0.05, 0) is 26.0 Å². The number of rotatable bonds is 4. The number of hydrogen-bond acceptors (Lipinski definition) is 6. The third-order valence-corrected chi connectivity index (χ3v) is 3.57. The first-order valence-corrected chi connectivity index (χ1v) is 6.82. The second-order valence-electron chi connectivity index (χ2n) is 4.94. The van der Waals surface area contributed by atoms with Crippen LogP contribution in [0.2, 0.25) is 0 Å². The fourth-order valence-corrected chi connectivity index (χ4v) is 2.47. The van der Waals surface area contributed by atoms with Crippen molar-refractivity contribution in [3.63, 3.8) is 0 Å². The average molecular weight is 280 g/mol. The number of β-amino-alcohol motifs (C(OH)–C–C–N with tert-alkyl or cyclic N) is 1. The highest BCUT2D eigenvalue weighted by atomic mass is 16.6. The number of nitrogens with zero attached hydrogens (tertiary/aromatic N) is 4. The number of aliphatic hydroxyl groups excluding tert-OH is 1. The van der Waals surface area contributed by atoms with Crippen LogP contribution in [0.3, 0.4) is 0 Å². The minimum Gasteiger partial charge on any atom is -0.395 e. The molecule has 0 radical (unpaired) electrons. The Bertz CT molecular complexity index is 481. The van der Waals surface area contributed by atoms with Gasteiger partial charge >= 0.3 is 0 Å². The fraction of sp³-hybridized carbons (Fsp3) is 0.615. The summed E-state index contributed by atoms with van der Waals surface area (Å²) in [6.45, 7) is 6.07. The standard InChI is InChI=1S/C13H20N4O3/c1-11-12(17(19)20)3-4-13(14-11)16-6-2-5-15(7-8-16)9-10-18/h3-4,18H,2,5-10H2,1H3. The first-order valence-electron chi connectivity index (χ1n) is 6.82. The zero-order valence-corrected chi connectivity index (χ0v) is 11.7. The molecule has 0 bridgehead atoms. The van der Waals surface area contributed by atoms with Crippen LogP contribution in [0.4, 0.5) is 11.5 Å². The average Bonchev–Trinajstić information content (AvgIpc) is 2.64.